The van der Waals surface area contributed by atoms with Crippen LogP contribution in [-0.2, 0) is 9.53 Å². The number of amides is 2. The van der Waals surface area contributed by atoms with Crippen molar-refractivity contribution in [2.75, 3.05) is 19.7 Å². The Morgan fingerprint density at radius 1 is 1.41 bits per heavy atom. The molecule has 5 nitrogen and oxygen atoms in total. The van der Waals surface area contributed by atoms with Crippen LogP contribution >= 0.6 is 0 Å². The van der Waals surface area contributed by atoms with Crippen LogP contribution in [0, 0.1) is 12.7 Å². The Kier molecular flexibility index (Phi) is 2.81. The van der Waals surface area contributed by atoms with E-state index in [4.69, 9.17) is 4.74 Å². The highest BCUT2D eigenvalue weighted by Gasteiger charge is 2.62. The van der Waals surface area contributed by atoms with Gasteiger partial charge in [0.05, 0.1) is 24.6 Å². The first-order chi connectivity index (χ1) is 10.5. The van der Waals surface area contributed by atoms with Crippen LogP contribution in [-0.4, -0.2) is 53.1 Å². The molecule has 3 heterocycles. The summed E-state index contributed by atoms with van der Waals surface area (Å²) in [6, 6.07) is 4.50. The first kappa shape index (κ1) is 13.7. The van der Waals surface area contributed by atoms with Gasteiger partial charge in [-0.3, -0.25) is 9.59 Å². The van der Waals surface area contributed by atoms with E-state index in [1.165, 1.54) is 6.07 Å². The zero-order chi connectivity index (χ0) is 15.5. The van der Waals surface area contributed by atoms with Gasteiger partial charge < -0.3 is 14.5 Å². The predicted molar refractivity (Wildman–Crippen MR) is 75.6 cm³/mol. The minimum atomic E-state index is -0.674. The molecule has 0 saturated carbocycles. The molecule has 3 aliphatic rings. The summed E-state index contributed by atoms with van der Waals surface area (Å²) in [7, 11) is 0. The number of ether oxygens (including phenoxy) is 1. The lowest BCUT2D eigenvalue weighted by Crippen LogP contribution is -2.48. The molecule has 0 N–H and O–H groups in total. The van der Waals surface area contributed by atoms with E-state index in [1.807, 2.05) is 0 Å². The van der Waals surface area contributed by atoms with Crippen molar-refractivity contribution >= 4 is 11.8 Å². The van der Waals surface area contributed by atoms with Crippen LogP contribution in [0.25, 0.3) is 0 Å². The van der Waals surface area contributed by atoms with Gasteiger partial charge in [0.15, 0.2) is 5.72 Å². The standard InChI is InChI=1S/C16H17FN2O3/c1-10-3-2-4-11(14(10)17)15(21)18-6-5-16-12(18)9-13(20)19(16)7-8-22-16/h2-4,12H,5-9H2,1H3/t12-,16+/m1/s1. The van der Waals surface area contributed by atoms with E-state index in [1.54, 1.807) is 28.9 Å². The van der Waals surface area contributed by atoms with Crippen LogP contribution in [0.2, 0.25) is 0 Å². The fraction of sp³-hybridized carbons (Fsp3) is 0.500. The quantitative estimate of drug-likeness (QED) is 0.786. The summed E-state index contributed by atoms with van der Waals surface area (Å²) >= 11 is 0. The molecule has 2 atom stereocenters. The Hall–Kier alpha value is -1.95. The maximum atomic E-state index is 14.2. The van der Waals surface area contributed by atoms with E-state index >= 15 is 0 Å². The summed E-state index contributed by atoms with van der Waals surface area (Å²) < 4.78 is 20.1. The summed E-state index contributed by atoms with van der Waals surface area (Å²) in [6.07, 6.45) is 0.863. The average Bonchev–Trinajstić information content (AvgIpc) is 3.13. The van der Waals surface area contributed by atoms with Crippen LogP contribution in [0.1, 0.15) is 28.8 Å². The molecular formula is C16H17FN2O3. The molecule has 116 valence electrons. The van der Waals surface area contributed by atoms with Crippen molar-refractivity contribution in [3.05, 3.63) is 35.1 Å². The third kappa shape index (κ3) is 1.61. The molecule has 0 aromatic heterocycles. The van der Waals surface area contributed by atoms with Crippen LogP contribution in [0.3, 0.4) is 0 Å². The molecule has 22 heavy (non-hydrogen) atoms. The van der Waals surface area contributed by atoms with Crippen molar-refractivity contribution in [3.63, 3.8) is 0 Å². The molecule has 0 radical (unpaired) electrons. The number of carbonyl (C=O) groups is 2. The summed E-state index contributed by atoms with van der Waals surface area (Å²) in [4.78, 5) is 28.2. The Bertz CT molecular complexity index is 677. The van der Waals surface area contributed by atoms with E-state index < -0.39 is 11.5 Å². The van der Waals surface area contributed by atoms with Gasteiger partial charge in [-0.1, -0.05) is 12.1 Å². The Morgan fingerprint density at radius 2 is 2.23 bits per heavy atom. The molecule has 2 amide bonds. The smallest absolute Gasteiger partial charge is 0.257 e. The van der Waals surface area contributed by atoms with Gasteiger partial charge in [-0.2, -0.15) is 0 Å². The fourth-order valence-corrected chi connectivity index (χ4v) is 4.00. The molecule has 1 aromatic rings. The molecule has 0 unspecified atom stereocenters. The average molecular weight is 304 g/mol. The minimum Gasteiger partial charge on any atom is -0.351 e. The molecule has 0 bridgehead atoms. The van der Waals surface area contributed by atoms with Crippen LogP contribution in [0.4, 0.5) is 4.39 Å². The number of hydrogen-bond acceptors (Lipinski definition) is 3. The SMILES string of the molecule is Cc1cccc(C(=O)N2CC[C@@]34OCCN3C(=O)C[C@@H]24)c1F. The number of hydrogen-bond donors (Lipinski definition) is 0. The van der Waals surface area contributed by atoms with E-state index in [-0.39, 0.29) is 29.8 Å². The number of aryl methyl sites for hydroxylation is 1. The minimum absolute atomic E-state index is 0.0183. The molecule has 6 heteroatoms. The van der Waals surface area contributed by atoms with E-state index in [0.29, 0.717) is 31.7 Å². The number of carbonyl (C=O) groups excluding carboxylic acids is 2. The fourth-order valence-electron chi connectivity index (χ4n) is 4.00. The summed E-state index contributed by atoms with van der Waals surface area (Å²) in [5, 5.41) is 0. The first-order valence-electron chi connectivity index (χ1n) is 7.55. The lowest BCUT2D eigenvalue weighted by molar-refractivity contribution is -0.136. The summed E-state index contributed by atoms with van der Waals surface area (Å²) in [5.41, 5.74) is -0.158. The second kappa shape index (κ2) is 4.52. The maximum absolute atomic E-state index is 14.2. The molecule has 4 rings (SSSR count). The third-order valence-corrected chi connectivity index (χ3v) is 5.08. The predicted octanol–water partition coefficient (Wildman–Crippen LogP) is 1.31. The second-order valence-corrected chi connectivity index (χ2v) is 6.14. The largest absolute Gasteiger partial charge is 0.351 e. The zero-order valence-electron chi connectivity index (χ0n) is 12.3. The molecule has 1 spiro atoms. The number of nitrogens with zero attached hydrogens (tertiary/aromatic N) is 2. The molecular weight excluding hydrogens is 287 g/mol. The van der Waals surface area contributed by atoms with Crippen LogP contribution < -0.4 is 0 Å². The van der Waals surface area contributed by atoms with Crippen molar-refractivity contribution in [1.29, 1.82) is 0 Å². The number of likely N-dealkylation sites (tertiary alicyclic amines) is 1. The topological polar surface area (TPSA) is 49.9 Å². The Labute approximate surface area is 127 Å². The zero-order valence-corrected chi connectivity index (χ0v) is 12.3. The van der Waals surface area contributed by atoms with Gasteiger partial charge in [0, 0.05) is 19.5 Å². The summed E-state index contributed by atoms with van der Waals surface area (Å²) in [6.45, 7) is 3.21. The van der Waals surface area contributed by atoms with Crippen molar-refractivity contribution in [2.24, 2.45) is 0 Å². The lowest BCUT2D eigenvalue weighted by Gasteiger charge is -2.31. The maximum Gasteiger partial charge on any atom is 0.257 e. The van der Waals surface area contributed by atoms with Gasteiger partial charge in [-0.15, -0.1) is 0 Å². The van der Waals surface area contributed by atoms with Gasteiger partial charge >= 0.3 is 0 Å². The van der Waals surface area contributed by atoms with Crippen LogP contribution in [0.15, 0.2) is 18.2 Å². The van der Waals surface area contributed by atoms with Crippen molar-refractivity contribution in [1.82, 2.24) is 9.80 Å². The number of rotatable bonds is 1. The number of halogens is 1. The molecule has 0 aliphatic carbocycles. The van der Waals surface area contributed by atoms with Crippen molar-refractivity contribution in [3.8, 4) is 0 Å². The van der Waals surface area contributed by atoms with E-state index in [9.17, 15) is 14.0 Å². The normalized spacial score (nSPS) is 29.9. The van der Waals surface area contributed by atoms with Gasteiger partial charge in [0.25, 0.3) is 5.91 Å². The van der Waals surface area contributed by atoms with E-state index in [2.05, 4.69) is 0 Å². The molecule has 1 aromatic carbocycles. The van der Waals surface area contributed by atoms with Gasteiger partial charge in [0.1, 0.15) is 5.82 Å². The Morgan fingerprint density at radius 3 is 3.05 bits per heavy atom. The van der Waals surface area contributed by atoms with Crippen molar-refractivity contribution in [2.45, 2.75) is 31.5 Å². The highest BCUT2D eigenvalue weighted by atomic mass is 19.1. The lowest BCUT2D eigenvalue weighted by atomic mass is 10.0. The van der Waals surface area contributed by atoms with Crippen molar-refractivity contribution < 1.29 is 18.7 Å². The van der Waals surface area contributed by atoms with Gasteiger partial charge in [0.2, 0.25) is 5.91 Å². The monoisotopic (exact) mass is 304 g/mol. The number of benzene rings is 1. The Balaban J connectivity index is 1.68. The van der Waals surface area contributed by atoms with Gasteiger partial charge in [-0.25, -0.2) is 4.39 Å². The highest BCUT2D eigenvalue weighted by Crippen LogP contribution is 2.46. The molecule has 3 fully saturated rings. The molecule has 3 saturated heterocycles. The second-order valence-electron chi connectivity index (χ2n) is 6.14. The first-order valence-corrected chi connectivity index (χ1v) is 7.55. The van der Waals surface area contributed by atoms with E-state index in [0.717, 1.165) is 0 Å². The third-order valence-electron chi connectivity index (χ3n) is 5.08. The van der Waals surface area contributed by atoms with Crippen LogP contribution in [0.5, 0.6) is 0 Å². The van der Waals surface area contributed by atoms with Gasteiger partial charge in [-0.05, 0) is 18.6 Å². The molecule has 3 aliphatic heterocycles. The summed E-state index contributed by atoms with van der Waals surface area (Å²) in [5.74, 6) is -0.820. The highest BCUT2D eigenvalue weighted by molar-refractivity contribution is 5.96.